The highest BCUT2D eigenvalue weighted by molar-refractivity contribution is 5.04. The lowest BCUT2D eigenvalue weighted by Gasteiger charge is -2.01. The van der Waals surface area contributed by atoms with Crippen LogP contribution in [0.2, 0.25) is 0 Å². The highest BCUT2D eigenvalue weighted by atomic mass is 16.5. The van der Waals surface area contributed by atoms with Crippen molar-refractivity contribution in [2.45, 2.75) is 65.5 Å². The Morgan fingerprint density at radius 1 is 1.16 bits per heavy atom. The van der Waals surface area contributed by atoms with E-state index >= 15 is 0 Å². The van der Waals surface area contributed by atoms with E-state index in [1.807, 2.05) is 6.07 Å². The van der Waals surface area contributed by atoms with Gasteiger partial charge < -0.3 is 14.6 Å². The molecule has 1 aromatic heterocycles. The van der Waals surface area contributed by atoms with Gasteiger partial charge in [-0.1, -0.05) is 51.1 Å². The molecule has 0 aliphatic carbocycles. The fraction of sp³-hybridized carbons (Fsp3) is 0.800. The van der Waals surface area contributed by atoms with E-state index in [-0.39, 0.29) is 0 Å². The van der Waals surface area contributed by atoms with E-state index in [1.54, 1.807) is 0 Å². The molecule has 0 spiro atoms. The minimum Gasteiger partial charge on any atom is -0.373 e. The van der Waals surface area contributed by atoms with Crippen molar-refractivity contribution in [2.75, 3.05) is 13.2 Å². The van der Waals surface area contributed by atoms with Gasteiger partial charge in [-0.2, -0.15) is 0 Å². The Kier molecular flexibility index (Phi) is 9.37. The number of nitrogens with one attached hydrogen (secondary N) is 1. The molecule has 0 aromatic carbocycles. The summed E-state index contributed by atoms with van der Waals surface area (Å²) in [5.74, 6) is 0.818. The number of ether oxygens (including phenoxy) is 1. The molecule has 4 nitrogen and oxygen atoms in total. The lowest BCUT2D eigenvalue weighted by Crippen LogP contribution is -2.11. The molecule has 1 aromatic rings. The van der Waals surface area contributed by atoms with Crippen LogP contribution >= 0.6 is 0 Å². The van der Waals surface area contributed by atoms with Crippen molar-refractivity contribution >= 4 is 0 Å². The highest BCUT2D eigenvalue weighted by Crippen LogP contribution is 2.07. The van der Waals surface area contributed by atoms with Crippen LogP contribution in [0.4, 0.5) is 0 Å². The van der Waals surface area contributed by atoms with Gasteiger partial charge in [0.05, 0.1) is 5.69 Å². The van der Waals surface area contributed by atoms with Crippen molar-refractivity contribution in [3.05, 3.63) is 17.5 Å². The summed E-state index contributed by atoms with van der Waals surface area (Å²) in [6.45, 7) is 7.37. The molecule has 0 saturated heterocycles. The molecule has 0 atom stereocenters. The third-order valence-electron chi connectivity index (χ3n) is 3.05. The summed E-state index contributed by atoms with van der Waals surface area (Å²) < 4.78 is 10.8. The number of rotatable bonds is 12. The first kappa shape index (κ1) is 16.2. The molecule has 1 heterocycles. The Balaban J connectivity index is 1.98. The predicted octanol–water partition coefficient (Wildman–Crippen LogP) is 3.66. The molecule has 0 aliphatic rings. The van der Waals surface area contributed by atoms with Crippen molar-refractivity contribution in [1.29, 1.82) is 0 Å². The second-order valence-corrected chi connectivity index (χ2v) is 4.89. The SMILES string of the molecule is CCCCCCCCOCc1cc(CNCC)no1. The summed E-state index contributed by atoms with van der Waals surface area (Å²) in [5, 5.41) is 7.20. The van der Waals surface area contributed by atoms with Crippen molar-refractivity contribution in [3.63, 3.8) is 0 Å². The number of hydrogen-bond donors (Lipinski definition) is 1. The van der Waals surface area contributed by atoms with Gasteiger partial charge in [0.15, 0.2) is 5.76 Å². The Bertz CT molecular complexity index is 313. The summed E-state index contributed by atoms with van der Waals surface area (Å²) in [6.07, 6.45) is 7.74. The molecule has 19 heavy (non-hydrogen) atoms. The average molecular weight is 268 g/mol. The molecule has 0 amide bonds. The molecule has 0 fully saturated rings. The third kappa shape index (κ3) is 8.01. The zero-order valence-corrected chi connectivity index (χ0v) is 12.4. The minimum absolute atomic E-state index is 0.536. The standard InChI is InChI=1S/C15H28N2O2/c1-3-5-6-7-8-9-10-18-13-15-11-14(17-19-15)12-16-4-2/h11,16H,3-10,12-13H2,1-2H3. The van der Waals surface area contributed by atoms with Gasteiger partial charge >= 0.3 is 0 Å². The van der Waals surface area contributed by atoms with Crippen LogP contribution in [0.25, 0.3) is 0 Å². The first-order valence-corrected chi connectivity index (χ1v) is 7.59. The lowest BCUT2D eigenvalue weighted by atomic mass is 10.1. The average Bonchev–Trinajstić information content (AvgIpc) is 2.87. The van der Waals surface area contributed by atoms with Gasteiger partial charge in [0, 0.05) is 19.2 Å². The van der Waals surface area contributed by atoms with E-state index in [9.17, 15) is 0 Å². The summed E-state index contributed by atoms with van der Waals surface area (Å²) in [4.78, 5) is 0. The van der Waals surface area contributed by atoms with Crippen LogP contribution in [-0.4, -0.2) is 18.3 Å². The van der Waals surface area contributed by atoms with E-state index in [1.165, 1.54) is 32.1 Å². The number of hydrogen-bond acceptors (Lipinski definition) is 4. The third-order valence-corrected chi connectivity index (χ3v) is 3.05. The molecule has 0 bridgehead atoms. The molecule has 110 valence electrons. The quantitative estimate of drug-likeness (QED) is 0.588. The van der Waals surface area contributed by atoms with Gasteiger partial charge in [-0.25, -0.2) is 0 Å². The Morgan fingerprint density at radius 3 is 2.74 bits per heavy atom. The van der Waals surface area contributed by atoms with Gasteiger partial charge in [-0.05, 0) is 13.0 Å². The van der Waals surface area contributed by atoms with Crippen LogP contribution in [0, 0.1) is 0 Å². The summed E-state index contributed by atoms with van der Waals surface area (Å²) in [7, 11) is 0. The van der Waals surface area contributed by atoms with E-state index in [0.29, 0.717) is 6.61 Å². The number of nitrogens with zero attached hydrogens (tertiary/aromatic N) is 1. The zero-order chi connectivity index (χ0) is 13.8. The Labute approximate surface area is 116 Å². The van der Waals surface area contributed by atoms with Gasteiger partial charge in [0.25, 0.3) is 0 Å². The fourth-order valence-electron chi connectivity index (χ4n) is 1.92. The summed E-state index contributed by atoms with van der Waals surface area (Å²) in [6, 6.07) is 1.96. The molecule has 0 aliphatic heterocycles. The summed E-state index contributed by atoms with van der Waals surface area (Å²) in [5.41, 5.74) is 0.944. The first-order chi connectivity index (χ1) is 9.36. The maximum Gasteiger partial charge on any atom is 0.162 e. The van der Waals surface area contributed by atoms with Crippen molar-refractivity contribution in [3.8, 4) is 0 Å². The second kappa shape index (κ2) is 11.0. The molecule has 4 heteroatoms. The van der Waals surface area contributed by atoms with Crippen molar-refractivity contribution in [1.82, 2.24) is 10.5 Å². The smallest absolute Gasteiger partial charge is 0.162 e. The lowest BCUT2D eigenvalue weighted by molar-refractivity contribution is 0.0975. The Hall–Kier alpha value is -0.870. The van der Waals surface area contributed by atoms with Crippen molar-refractivity contribution < 1.29 is 9.26 Å². The van der Waals surface area contributed by atoms with E-state index in [4.69, 9.17) is 9.26 Å². The molecular formula is C15H28N2O2. The van der Waals surface area contributed by atoms with Crippen LogP contribution in [0.5, 0.6) is 0 Å². The maximum absolute atomic E-state index is 5.59. The molecule has 1 rings (SSSR count). The fourth-order valence-corrected chi connectivity index (χ4v) is 1.92. The van der Waals surface area contributed by atoms with Gasteiger partial charge in [0.2, 0.25) is 0 Å². The topological polar surface area (TPSA) is 47.3 Å². The van der Waals surface area contributed by atoms with Crippen LogP contribution in [0.15, 0.2) is 10.6 Å². The number of aromatic nitrogens is 1. The highest BCUT2D eigenvalue weighted by Gasteiger charge is 2.03. The van der Waals surface area contributed by atoms with Gasteiger partial charge in [-0.3, -0.25) is 0 Å². The molecule has 1 N–H and O–H groups in total. The maximum atomic E-state index is 5.59. The normalized spacial score (nSPS) is 11.1. The van der Waals surface area contributed by atoms with E-state index in [0.717, 1.165) is 37.6 Å². The largest absolute Gasteiger partial charge is 0.373 e. The second-order valence-electron chi connectivity index (χ2n) is 4.89. The van der Waals surface area contributed by atoms with E-state index in [2.05, 4.69) is 24.3 Å². The molecule has 0 saturated carbocycles. The summed E-state index contributed by atoms with van der Waals surface area (Å²) >= 11 is 0. The van der Waals surface area contributed by atoms with Crippen LogP contribution in [0.1, 0.15) is 63.8 Å². The minimum atomic E-state index is 0.536. The molecular weight excluding hydrogens is 240 g/mol. The van der Waals surface area contributed by atoms with Crippen LogP contribution < -0.4 is 5.32 Å². The zero-order valence-electron chi connectivity index (χ0n) is 12.4. The molecule has 0 unspecified atom stereocenters. The first-order valence-electron chi connectivity index (χ1n) is 7.59. The van der Waals surface area contributed by atoms with Crippen LogP contribution in [0.3, 0.4) is 0 Å². The van der Waals surface area contributed by atoms with Gasteiger partial charge in [0.1, 0.15) is 6.61 Å². The van der Waals surface area contributed by atoms with Crippen molar-refractivity contribution in [2.24, 2.45) is 0 Å². The molecule has 0 radical (unpaired) electrons. The predicted molar refractivity (Wildman–Crippen MR) is 76.9 cm³/mol. The van der Waals surface area contributed by atoms with E-state index < -0.39 is 0 Å². The van der Waals surface area contributed by atoms with Crippen LogP contribution in [-0.2, 0) is 17.9 Å². The monoisotopic (exact) mass is 268 g/mol. The van der Waals surface area contributed by atoms with Gasteiger partial charge in [-0.15, -0.1) is 0 Å². The Morgan fingerprint density at radius 2 is 1.95 bits per heavy atom. The number of unbranched alkanes of at least 4 members (excludes halogenated alkanes) is 5.